The first-order valence-electron chi connectivity index (χ1n) is 5.45. The summed E-state index contributed by atoms with van der Waals surface area (Å²) in [5.74, 6) is -1.09. The molecule has 0 aliphatic carbocycles. The molecule has 1 rings (SSSR count). The van der Waals surface area contributed by atoms with Crippen LogP contribution >= 0.6 is 0 Å². The minimum atomic E-state index is -0.545. The highest BCUT2D eigenvalue weighted by Crippen LogP contribution is 2.26. The van der Waals surface area contributed by atoms with Gasteiger partial charge in [0.15, 0.2) is 0 Å². The molecule has 0 aliphatic heterocycles. The van der Waals surface area contributed by atoms with Crippen LogP contribution in [0, 0.1) is 11.6 Å². The molecule has 0 radical (unpaired) electrons. The lowest BCUT2D eigenvalue weighted by Gasteiger charge is -2.28. The highest BCUT2D eigenvalue weighted by Gasteiger charge is 2.18. The van der Waals surface area contributed by atoms with Crippen molar-refractivity contribution in [2.75, 3.05) is 11.4 Å². The lowest BCUT2D eigenvalue weighted by atomic mass is 10.1. The molecule has 0 aliphatic rings. The fraction of sp³-hybridized carbons (Fsp3) is 0.500. The number of benzene rings is 1. The fourth-order valence-electron chi connectivity index (χ4n) is 1.79. The lowest BCUT2D eigenvalue weighted by molar-refractivity contribution is 0.556. The predicted octanol–water partition coefficient (Wildman–Crippen LogP) is 2.66. The van der Waals surface area contributed by atoms with Crippen LogP contribution in [-0.2, 0) is 6.54 Å². The number of nitrogens with two attached hydrogens (primary N) is 1. The molecule has 0 bridgehead atoms. The molecule has 4 heteroatoms. The third-order valence-electron chi connectivity index (χ3n) is 2.56. The van der Waals surface area contributed by atoms with Gasteiger partial charge in [0.05, 0.1) is 0 Å². The molecule has 0 unspecified atom stereocenters. The molecule has 0 spiro atoms. The van der Waals surface area contributed by atoms with E-state index in [1.54, 1.807) is 4.90 Å². The Morgan fingerprint density at radius 2 is 1.75 bits per heavy atom. The van der Waals surface area contributed by atoms with E-state index in [2.05, 4.69) is 0 Å². The maximum atomic E-state index is 13.8. The van der Waals surface area contributed by atoms with Crippen molar-refractivity contribution in [1.29, 1.82) is 0 Å². The maximum Gasteiger partial charge on any atom is 0.149 e. The minimum Gasteiger partial charge on any atom is -0.365 e. The Morgan fingerprint density at radius 1 is 1.25 bits per heavy atom. The normalized spacial score (nSPS) is 10.9. The summed E-state index contributed by atoms with van der Waals surface area (Å²) >= 11 is 0. The Balaban J connectivity index is 3.22. The first-order chi connectivity index (χ1) is 7.51. The van der Waals surface area contributed by atoms with Crippen LogP contribution in [-0.4, -0.2) is 12.6 Å². The molecule has 16 heavy (non-hydrogen) atoms. The number of rotatable bonds is 4. The first kappa shape index (κ1) is 12.9. The van der Waals surface area contributed by atoms with E-state index in [-0.39, 0.29) is 18.3 Å². The number of halogens is 2. The van der Waals surface area contributed by atoms with Crippen molar-refractivity contribution in [3.8, 4) is 0 Å². The zero-order chi connectivity index (χ0) is 12.3. The Bertz CT molecular complexity index is 341. The molecular weight excluding hydrogens is 210 g/mol. The summed E-state index contributed by atoms with van der Waals surface area (Å²) in [6.45, 7) is 6.38. The molecule has 90 valence electrons. The third-order valence-corrected chi connectivity index (χ3v) is 2.56. The largest absolute Gasteiger partial charge is 0.365 e. The van der Waals surface area contributed by atoms with Gasteiger partial charge in [-0.3, -0.25) is 0 Å². The van der Waals surface area contributed by atoms with Crippen LogP contribution in [0.2, 0.25) is 0 Å². The number of hydrogen-bond acceptors (Lipinski definition) is 2. The van der Waals surface area contributed by atoms with Crippen molar-refractivity contribution in [2.24, 2.45) is 5.73 Å². The average Bonchev–Trinajstić information content (AvgIpc) is 2.22. The predicted molar refractivity (Wildman–Crippen MR) is 62.4 cm³/mol. The van der Waals surface area contributed by atoms with Crippen LogP contribution in [0.1, 0.15) is 26.3 Å². The molecule has 0 fully saturated rings. The van der Waals surface area contributed by atoms with E-state index in [1.165, 1.54) is 12.1 Å². The summed E-state index contributed by atoms with van der Waals surface area (Å²) in [6.07, 6.45) is 0. The molecule has 0 saturated carbocycles. The summed E-state index contributed by atoms with van der Waals surface area (Å²) in [5.41, 5.74) is 5.87. The number of nitrogens with zero attached hydrogens (tertiary/aromatic N) is 1. The topological polar surface area (TPSA) is 29.3 Å². The van der Waals surface area contributed by atoms with Gasteiger partial charge in [-0.15, -0.1) is 0 Å². The molecule has 0 amide bonds. The standard InChI is InChI=1S/C12H18F2N2/c1-4-16(8(2)3)12-10(13)5-9(7-15)6-11(12)14/h5-6,8H,4,7,15H2,1-3H3. The molecule has 2 nitrogen and oxygen atoms in total. The van der Waals surface area contributed by atoms with Gasteiger partial charge in [0.1, 0.15) is 17.3 Å². The zero-order valence-corrected chi connectivity index (χ0v) is 9.93. The van der Waals surface area contributed by atoms with E-state index >= 15 is 0 Å². The van der Waals surface area contributed by atoms with Crippen LogP contribution in [0.4, 0.5) is 14.5 Å². The molecule has 2 N–H and O–H groups in total. The van der Waals surface area contributed by atoms with Gasteiger partial charge in [0.2, 0.25) is 0 Å². The Morgan fingerprint density at radius 3 is 2.06 bits per heavy atom. The van der Waals surface area contributed by atoms with Crippen LogP contribution in [0.5, 0.6) is 0 Å². The van der Waals surface area contributed by atoms with Crippen molar-refractivity contribution in [2.45, 2.75) is 33.4 Å². The molecule has 0 aromatic heterocycles. The van der Waals surface area contributed by atoms with Crippen molar-refractivity contribution in [1.82, 2.24) is 0 Å². The molecule has 0 heterocycles. The molecule has 1 aromatic rings. The van der Waals surface area contributed by atoms with E-state index in [0.29, 0.717) is 12.1 Å². The summed E-state index contributed by atoms with van der Waals surface area (Å²) in [7, 11) is 0. The SMILES string of the molecule is CCN(c1c(F)cc(CN)cc1F)C(C)C. The molecule has 0 atom stereocenters. The fourth-order valence-corrected chi connectivity index (χ4v) is 1.79. The highest BCUT2D eigenvalue weighted by atomic mass is 19.1. The van der Waals surface area contributed by atoms with Gasteiger partial charge in [-0.1, -0.05) is 0 Å². The Labute approximate surface area is 95.1 Å². The van der Waals surface area contributed by atoms with Crippen molar-refractivity contribution in [3.05, 3.63) is 29.3 Å². The third kappa shape index (κ3) is 2.50. The average molecular weight is 228 g/mol. The second kappa shape index (κ2) is 5.25. The monoisotopic (exact) mass is 228 g/mol. The van der Waals surface area contributed by atoms with Gasteiger partial charge < -0.3 is 10.6 Å². The summed E-state index contributed by atoms with van der Waals surface area (Å²) < 4.78 is 27.5. The van der Waals surface area contributed by atoms with Gasteiger partial charge in [0, 0.05) is 19.1 Å². The second-order valence-electron chi connectivity index (χ2n) is 3.99. The van der Waals surface area contributed by atoms with Gasteiger partial charge in [-0.05, 0) is 38.5 Å². The van der Waals surface area contributed by atoms with Crippen LogP contribution in [0.3, 0.4) is 0 Å². The quantitative estimate of drug-likeness (QED) is 0.858. The first-order valence-corrected chi connectivity index (χ1v) is 5.45. The summed E-state index contributed by atoms with van der Waals surface area (Å²) in [4.78, 5) is 1.69. The van der Waals surface area contributed by atoms with Gasteiger partial charge in [-0.25, -0.2) is 8.78 Å². The minimum absolute atomic E-state index is 0.0368. The molecule has 0 saturated heterocycles. The van der Waals surface area contributed by atoms with Crippen molar-refractivity contribution < 1.29 is 8.78 Å². The lowest BCUT2D eigenvalue weighted by Crippen LogP contribution is -2.32. The van der Waals surface area contributed by atoms with E-state index in [0.717, 1.165) is 0 Å². The Hall–Kier alpha value is -1.16. The smallest absolute Gasteiger partial charge is 0.149 e. The molecular formula is C12H18F2N2. The number of hydrogen-bond donors (Lipinski definition) is 1. The van der Waals surface area contributed by atoms with E-state index in [9.17, 15) is 8.78 Å². The van der Waals surface area contributed by atoms with E-state index < -0.39 is 11.6 Å². The van der Waals surface area contributed by atoms with Crippen LogP contribution in [0.15, 0.2) is 12.1 Å². The number of anilines is 1. The van der Waals surface area contributed by atoms with E-state index in [4.69, 9.17) is 5.73 Å². The second-order valence-corrected chi connectivity index (χ2v) is 3.99. The Kier molecular flexibility index (Phi) is 4.24. The van der Waals surface area contributed by atoms with Crippen molar-refractivity contribution >= 4 is 5.69 Å². The van der Waals surface area contributed by atoms with E-state index in [1.807, 2.05) is 20.8 Å². The van der Waals surface area contributed by atoms with Crippen LogP contribution < -0.4 is 10.6 Å². The zero-order valence-electron chi connectivity index (χ0n) is 9.93. The summed E-state index contributed by atoms with van der Waals surface area (Å²) in [6, 6.07) is 2.64. The van der Waals surface area contributed by atoms with Gasteiger partial charge in [0.25, 0.3) is 0 Å². The summed E-state index contributed by atoms with van der Waals surface area (Å²) in [5, 5.41) is 0. The molecule has 1 aromatic carbocycles. The highest BCUT2D eigenvalue weighted by molar-refractivity contribution is 5.51. The van der Waals surface area contributed by atoms with Gasteiger partial charge >= 0.3 is 0 Å². The maximum absolute atomic E-state index is 13.8. The van der Waals surface area contributed by atoms with Crippen LogP contribution in [0.25, 0.3) is 0 Å². The van der Waals surface area contributed by atoms with Crippen molar-refractivity contribution in [3.63, 3.8) is 0 Å². The van der Waals surface area contributed by atoms with Gasteiger partial charge in [-0.2, -0.15) is 0 Å².